The third-order valence-corrected chi connectivity index (χ3v) is 2.57. The summed E-state index contributed by atoms with van der Waals surface area (Å²) in [5.74, 6) is -1.46. The molecule has 0 aliphatic heterocycles. The van der Waals surface area contributed by atoms with Crippen molar-refractivity contribution in [2.24, 2.45) is 0 Å². The van der Waals surface area contributed by atoms with Gasteiger partial charge in [-0.15, -0.1) is 0 Å². The maximum atomic E-state index is 11.6. The van der Waals surface area contributed by atoms with Crippen molar-refractivity contribution in [1.29, 1.82) is 0 Å². The number of carbonyl (C=O) groups is 2. The van der Waals surface area contributed by atoms with Gasteiger partial charge in [0.1, 0.15) is 11.5 Å². The SMILES string of the molecule is Cc1cccc(OC(=O)C(=O)Oc2cccc(C)c2)c1. The molecule has 2 aromatic carbocycles. The molecule has 0 atom stereocenters. The molecule has 102 valence electrons. The van der Waals surface area contributed by atoms with Gasteiger partial charge in [-0.05, 0) is 49.2 Å². The molecule has 2 rings (SSSR count). The summed E-state index contributed by atoms with van der Waals surface area (Å²) in [6.45, 7) is 3.73. The van der Waals surface area contributed by atoms with E-state index in [1.807, 2.05) is 26.0 Å². The van der Waals surface area contributed by atoms with E-state index < -0.39 is 11.9 Å². The molecule has 20 heavy (non-hydrogen) atoms. The van der Waals surface area contributed by atoms with E-state index in [9.17, 15) is 9.59 Å². The molecule has 0 radical (unpaired) electrons. The second kappa shape index (κ2) is 6.02. The summed E-state index contributed by atoms with van der Waals surface area (Å²) >= 11 is 0. The number of hydrogen-bond donors (Lipinski definition) is 0. The van der Waals surface area contributed by atoms with Gasteiger partial charge in [0.2, 0.25) is 0 Å². The van der Waals surface area contributed by atoms with E-state index in [0.29, 0.717) is 11.5 Å². The van der Waals surface area contributed by atoms with Crippen molar-refractivity contribution in [2.75, 3.05) is 0 Å². The molecule has 2 aromatic rings. The number of ether oxygens (including phenoxy) is 2. The van der Waals surface area contributed by atoms with Gasteiger partial charge in [-0.25, -0.2) is 9.59 Å². The fraction of sp³-hybridized carbons (Fsp3) is 0.125. The molecule has 0 saturated heterocycles. The summed E-state index contributed by atoms with van der Waals surface area (Å²) in [4.78, 5) is 23.2. The number of benzene rings is 2. The average molecular weight is 270 g/mol. The molecule has 0 heterocycles. The Morgan fingerprint density at radius 3 is 1.50 bits per heavy atom. The van der Waals surface area contributed by atoms with E-state index in [1.165, 1.54) is 0 Å². The van der Waals surface area contributed by atoms with Crippen LogP contribution in [0.1, 0.15) is 11.1 Å². The minimum Gasteiger partial charge on any atom is -0.418 e. The van der Waals surface area contributed by atoms with Crippen LogP contribution in [0.3, 0.4) is 0 Å². The maximum absolute atomic E-state index is 11.6. The molecule has 0 spiro atoms. The van der Waals surface area contributed by atoms with Crippen molar-refractivity contribution < 1.29 is 19.1 Å². The Kier molecular flexibility index (Phi) is 4.15. The molecular weight excluding hydrogens is 256 g/mol. The highest BCUT2D eigenvalue weighted by Crippen LogP contribution is 2.15. The van der Waals surface area contributed by atoms with Crippen LogP contribution in [0.2, 0.25) is 0 Å². The van der Waals surface area contributed by atoms with E-state index in [1.54, 1.807) is 36.4 Å². The average Bonchev–Trinajstić information content (AvgIpc) is 2.38. The number of carbonyl (C=O) groups excluding carboxylic acids is 2. The Morgan fingerprint density at radius 1 is 0.750 bits per heavy atom. The van der Waals surface area contributed by atoms with Crippen molar-refractivity contribution in [2.45, 2.75) is 13.8 Å². The Morgan fingerprint density at radius 2 is 1.15 bits per heavy atom. The third-order valence-electron chi connectivity index (χ3n) is 2.57. The van der Waals surface area contributed by atoms with Gasteiger partial charge in [-0.2, -0.15) is 0 Å². The van der Waals surface area contributed by atoms with Gasteiger partial charge in [-0.1, -0.05) is 24.3 Å². The van der Waals surface area contributed by atoms with Crippen molar-refractivity contribution in [3.63, 3.8) is 0 Å². The zero-order valence-electron chi connectivity index (χ0n) is 11.3. The highest BCUT2D eigenvalue weighted by Gasteiger charge is 2.19. The van der Waals surface area contributed by atoms with Crippen LogP contribution in [0.5, 0.6) is 11.5 Å². The predicted octanol–water partition coefficient (Wildman–Crippen LogP) is 2.81. The van der Waals surface area contributed by atoms with Gasteiger partial charge in [-0.3, -0.25) is 0 Å². The molecular formula is C16H14O4. The van der Waals surface area contributed by atoms with Crippen LogP contribution in [0, 0.1) is 13.8 Å². The van der Waals surface area contributed by atoms with Crippen LogP contribution in [0.25, 0.3) is 0 Å². The first-order chi connectivity index (χ1) is 9.54. The topological polar surface area (TPSA) is 52.6 Å². The first kappa shape index (κ1) is 13.8. The molecule has 0 amide bonds. The number of aryl methyl sites for hydroxylation is 2. The number of esters is 2. The van der Waals surface area contributed by atoms with Crippen LogP contribution in [-0.2, 0) is 9.59 Å². The van der Waals surface area contributed by atoms with Crippen LogP contribution < -0.4 is 9.47 Å². The monoisotopic (exact) mass is 270 g/mol. The lowest BCUT2D eigenvalue weighted by molar-refractivity contribution is -0.156. The quantitative estimate of drug-likeness (QED) is 0.478. The largest absolute Gasteiger partial charge is 0.423 e. The smallest absolute Gasteiger partial charge is 0.418 e. The fourth-order valence-electron chi connectivity index (χ4n) is 1.66. The normalized spacial score (nSPS) is 9.90. The molecule has 0 saturated carbocycles. The highest BCUT2D eigenvalue weighted by atomic mass is 16.6. The van der Waals surface area contributed by atoms with Gasteiger partial charge >= 0.3 is 11.9 Å². The summed E-state index contributed by atoms with van der Waals surface area (Å²) in [7, 11) is 0. The Balaban J connectivity index is 2.01. The van der Waals surface area contributed by atoms with Crippen LogP contribution in [-0.4, -0.2) is 11.9 Å². The maximum Gasteiger partial charge on any atom is 0.423 e. The zero-order chi connectivity index (χ0) is 14.5. The van der Waals surface area contributed by atoms with E-state index in [-0.39, 0.29) is 0 Å². The lowest BCUT2D eigenvalue weighted by Crippen LogP contribution is -2.25. The number of hydrogen-bond acceptors (Lipinski definition) is 4. The summed E-state index contributed by atoms with van der Waals surface area (Å²) in [5.41, 5.74) is 1.87. The molecule has 4 nitrogen and oxygen atoms in total. The second-order valence-corrected chi connectivity index (χ2v) is 4.41. The molecule has 0 aliphatic rings. The Hall–Kier alpha value is -2.62. The van der Waals surface area contributed by atoms with E-state index in [4.69, 9.17) is 9.47 Å². The summed E-state index contributed by atoms with van der Waals surface area (Å²) in [5, 5.41) is 0. The summed E-state index contributed by atoms with van der Waals surface area (Å²) in [6.07, 6.45) is 0. The zero-order valence-corrected chi connectivity index (χ0v) is 11.3. The van der Waals surface area contributed by atoms with Crippen molar-refractivity contribution in [1.82, 2.24) is 0 Å². The van der Waals surface area contributed by atoms with Crippen molar-refractivity contribution in [3.05, 3.63) is 59.7 Å². The first-order valence-corrected chi connectivity index (χ1v) is 6.12. The van der Waals surface area contributed by atoms with Crippen LogP contribution in [0.15, 0.2) is 48.5 Å². The summed E-state index contributed by atoms with van der Waals surface area (Å²) < 4.78 is 9.89. The van der Waals surface area contributed by atoms with Gasteiger partial charge in [0, 0.05) is 0 Å². The fourth-order valence-corrected chi connectivity index (χ4v) is 1.66. The van der Waals surface area contributed by atoms with Crippen LogP contribution >= 0.6 is 0 Å². The van der Waals surface area contributed by atoms with E-state index in [2.05, 4.69) is 0 Å². The van der Waals surface area contributed by atoms with Crippen molar-refractivity contribution >= 4 is 11.9 Å². The molecule has 0 aromatic heterocycles. The van der Waals surface area contributed by atoms with Crippen molar-refractivity contribution in [3.8, 4) is 11.5 Å². The molecule has 0 unspecified atom stereocenters. The Bertz CT molecular complexity index is 589. The lowest BCUT2D eigenvalue weighted by atomic mass is 10.2. The van der Waals surface area contributed by atoms with Gasteiger partial charge < -0.3 is 9.47 Å². The second-order valence-electron chi connectivity index (χ2n) is 4.41. The van der Waals surface area contributed by atoms with E-state index in [0.717, 1.165) is 11.1 Å². The molecule has 4 heteroatoms. The van der Waals surface area contributed by atoms with Gasteiger partial charge in [0.15, 0.2) is 0 Å². The number of rotatable bonds is 2. The standard InChI is InChI=1S/C16H14O4/c1-11-5-3-7-13(9-11)19-15(17)16(18)20-14-8-4-6-12(2)10-14/h3-10H,1-2H3. The minimum atomic E-state index is -1.04. The highest BCUT2D eigenvalue weighted by molar-refractivity contribution is 6.31. The molecule has 0 bridgehead atoms. The van der Waals surface area contributed by atoms with Crippen LogP contribution in [0.4, 0.5) is 0 Å². The van der Waals surface area contributed by atoms with Gasteiger partial charge in [0.05, 0.1) is 0 Å². The Labute approximate surface area is 116 Å². The lowest BCUT2D eigenvalue weighted by Gasteiger charge is -2.06. The first-order valence-electron chi connectivity index (χ1n) is 6.12. The summed E-state index contributed by atoms with van der Waals surface area (Å²) in [6, 6.07) is 13.7. The molecule has 0 fully saturated rings. The molecule has 0 aliphatic carbocycles. The minimum absolute atomic E-state index is 0.316. The third kappa shape index (κ3) is 3.68. The predicted molar refractivity (Wildman–Crippen MR) is 73.6 cm³/mol. The van der Waals surface area contributed by atoms with Gasteiger partial charge in [0.25, 0.3) is 0 Å². The molecule has 0 N–H and O–H groups in total. The van der Waals surface area contributed by atoms with E-state index >= 15 is 0 Å².